The van der Waals surface area contributed by atoms with E-state index < -0.39 is 5.97 Å². The van der Waals surface area contributed by atoms with Crippen molar-refractivity contribution in [3.63, 3.8) is 0 Å². The van der Waals surface area contributed by atoms with Crippen LogP contribution in [0.25, 0.3) is 0 Å². The van der Waals surface area contributed by atoms with Gasteiger partial charge in [-0.3, -0.25) is 4.79 Å². The maximum Gasteiger partial charge on any atom is 0.306 e. The Labute approximate surface area is 91.5 Å². The zero-order chi connectivity index (χ0) is 9.84. The molecule has 4 heteroatoms. The molecule has 0 saturated heterocycles. The largest absolute Gasteiger partial charge is 0.481 e. The molecule has 3 nitrogen and oxygen atoms in total. The van der Waals surface area contributed by atoms with Crippen molar-refractivity contribution in [1.29, 1.82) is 0 Å². The van der Waals surface area contributed by atoms with E-state index in [1.54, 1.807) is 0 Å². The van der Waals surface area contributed by atoms with Crippen LogP contribution in [0.4, 0.5) is 0 Å². The van der Waals surface area contributed by atoms with Gasteiger partial charge in [-0.05, 0) is 38.0 Å². The van der Waals surface area contributed by atoms with Crippen LogP contribution in [0.2, 0.25) is 0 Å². The highest BCUT2D eigenvalue weighted by atomic mass is 35.5. The number of carboxylic acids is 1. The van der Waals surface area contributed by atoms with Gasteiger partial charge >= 0.3 is 5.97 Å². The first-order valence-corrected chi connectivity index (χ1v) is 5.13. The first-order chi connectivity index (χ1) is 6.15. The average Bonchev–Trinajstić information content (AvgIpc) is 2.09. The van der Waals surface area contributed by atoms with Gasteiger partial charge in [0.05, 0.1) is 5.92 Å². The minimum Gasteiger partial charge on any atom is -0.481 e. The normalized spacial score (nSPS) is 29.0. The Kier molecular flexibility index (Phi) is 6.12. The summed E-state index contributed by atoms with van der Waals surface area (Å²) in [6.07, 6.45) is 4.72. The van der Waals surface area contributed by atoms with Gasteiger partial charge in [-0.2, -0.15) is 0 Å². The molecule has 0 aromatic carbocycles. The van der Waals surface area contributed by atoms with Gasteiger partial charge in [0.25, 0.3) is 0 Å². The first kappa shape index (κ1) is 13.7. The molecule has 0 heterocycles. The van der Waals surface area contributed by atoms with Crippen LogP contribution in [0.15, 0.2) is 0 Å². The summed E-state index contributed by atoms with van der Waals surface area (Å²) >= 11 is 0. The van der Waals surface area contributed by atoms with Crippen LogP contribution in [0, 0.1) is 11.8 Å². The highest BCUT2D eigenvalue weighted by molar-refractivity contribution is 5.85. The summed E-state index contributed by atoms with van der Waals surface area (Å²) in [5.41, 5.74) is 5.77. The van der Waals surface area contributed by atoms with E-state index in [2.05, 4.69) is 0 Å². The molecule has 0 aliphatic heterocycles. The summed E-state index contributed by atoms with van der Waals surface area (Å²) in [6, 6.07) is 0.308. The summed E-state index contributed by atoms with van der Waals surface area (Å²) < 4.78 is 0. The van der Waals surface area contributed by atoms with Crippen molar-refractivity contribution in [3.8, 4) is 0 Å². The molecule has 0 spiro atoms. The molecule has 0 aromatic rings. The third-order valence-corrected chi connectivity index (χ3v) is 3.14. The molecule has 1 unspecified atom stereocenters. The summed E-state index contributed by atoms with van der Waals surface area (Å²) in [5, 5.41) is 8.96. The van der Waals surface area contributed by atoms with E-state index in [0.29, 0.717) is 12.0 Å². The van der Waals surface area contributed by atoms with E-state index in [1.165, 1.54) is 0 Å². The lowest BCUT2D eigenvalue weighted by Crippen LogP contribution is -2.32. The molecular weight excluding hydrogens is 202 g/mol. The van der Waals surface area contributed by atoms with Crippen molar-refractivity contribution >= 4 is 18.4 Å². The maximum absolute atomic E-state index is 10.9. The van der Waals surface area contributed by atoms with E-state index in [-0.39, 0.29) is 18.3 Å². The minimum absolute atomic E-state index is 0. The van der Waals surface area contributed by atoms with Gasteiger partial charge in [-0.1, -0.05) is 6.92 Å². The highest BCUT2D eigenvalue weighted by Crippen LogP contribution is 2.31. The smallest absolute Gasteiger partial charge is 0.306 e. The topological polar surface area (TPSA) is 63.3 Å². The van der Waals surface area contributed by atoms with Crippen LogP contribution in [-0.2, 0) is 4.79 Å². The average molecular weight is 222 g/mol. The standard InChI is InChI=1S/C10H19NO2.ClH/c1-2-9(10(12)13)7-3-5-8(11)6-4-7;/h7-9H,2-6,11H2,1H3,(H,12,13);1H. The molecular formula is C10H20ClNO2. The summed E-state index contributed by atoms with van der Waals surface area (Å²) in [7, 11) is 0. The molecule has 0 aromatic heterocycles. The van der Waals surface area contributed by atoms with Crippen LogP contribution < -0.4 is 5.73 Å². The Morgan fingerprint density at radius 2 is 1.93 bits per heavy atom. The number of halogens is 1. The maximum atomic E-state index is 10.9. The Balaban J connectivity index is 0.00000169. The third kappa shape index (κ3) is 3.46. The van der Waals surface area contributed by atoms with Crippen molar-refractivity contribution in [2.45, 2.75) is 45.1 Å². The lowest BCUT2D eigenvalue weighted by Gasteiger charge is -2.29. The van der Waals surface area contributed by atoms with Crippen molar-refractivity contribution in [2.24, 2.45) is 17.6 Å². The number of nitrogens with two attached hydrogens (primary N) is 1. The van der Waals surface area contributed by atoms with Gasteiger partial charge in [0, 0.05) is 6.04 Å². The molecule has 0 amide bonds. The van der Waals surface area contributed by atoms with Crippen LogP contribution in [0.1, 0.15) is 39.0 Å². The van der Waals surface area contributed by atoms with E-state index in [9.17, 15) is 4.79 Å². The molecule has 1 rings (SSSR count). The molecule has 1 aliphatic rings. The van der Waals surface area contributed by atoms with Crippen LogP contribution >= 0.6 is 12.4 Å². The fraction of sp³-hybridized carbons (Fsp3) is 0.900. The molecule has 1 atom stereocenters. The summed E-state index contributed by atoms with van der Waals surface area (Å²) in [6.45, 7) is 1.95. The van der Waals surface area contributed by atoms with E-state index in [0.717, 1.165) is 32.1 Å². The number of carboxylic acid groups (broad SMARTS) is 1. The fourth-order valence-corrected chi connectivity index (χ4v) is 2.26. The fourth-order valence-electron chi connectivity index (χ4n) is 2.26. The number of rotatable bonds is 3. The third-order valence-electron chi connectivity index (χ3n) is 3.14. The minimum atomic E-state index is -0.636. The van der Waals surface area contributed by atoms with Crippen molar-refractivity contribution in [2.75, 3.05) is 0 Å². The Morgan fingerprint density at radius 1 is 1.43 bits per heavy atom. The number of aliphatic carboxylic acids is 1. The molecule has 84 valence electrons. The van der Waals surface area contributed by atoms with Gasteiger partial charge in [-0.15, -0.1) is 12.4 Å². The molecule has 1 fully saturated rings. The lowest BCUT2D eigenvalue weighted by atomic mass is 9.77. The monoisotopic (exact) mass is 221 g/mol. The second-order valence-electron chi connectivity index (χ2n) is 4.03. The highest BCUT2D eigenvalue weighted by Gasteiger charge is 2.29. The number of hydrogen-bond donors (Lipinski definition) is 2. The van der Waals surface area contributed by atoms with Gasteiger partial charge in [0.15, 0.2) is 0 Å². The Morgan fingerprint density at radius 3 is 2.29 bits per heavy atom. The van der Waals surface area contributed by atoms with E-state index in [4.69, 9.17) is 10.8 Å². The van der Waals surface area contributed by atoms with E-state index in [1.807, 2.05) is 6.92 Å². The van der Waals surface area contributed by atoms with Crippen molar-refractivity contribution < 1.29 is 9.90 Å². The number of carbonyl (C=O) groups is 1. The van der Waals surface area contributed by atoms with Gasteiger partial charge in [0.1, 0.15) is 0 Å². The summed E-state index contributed by atoms with van der Waals surface area (Å²) in [4.78, 5) is 10.9. The zero-order valence-electron chi connectivity index (χ0n) is 8.61. The first-order valence-electron chi connectivity index (χ1n) is 5.13. The van der Waals surface area contributed by atoms with Crippen LogP contribution in [0.5, 0.6) is 0 Å². The molecule has 1 saturated carbocycles. The molecule has 0 radical (unpaired) electrons. The van der Waals surface area contributed by atoms with Gasteiger partial charge < -0.3 is 10.8 Å². The predicted octanol–water partition coefficient (Wildman–Crippen LogP) is 2.04. The molecule has 3 N–H and O–H groups in total. The molecule has 0 bridgehead atoms. The Bertz CT molecular complexity index is 179. The number of hydrogen-bond acceptors (Lipinski definition) is 2. The molecule has 14 heavy (non-hydrogen) atoms. The second kappa shape index (κ2) is 6.25. The lowest BCUT2D eigenvalue weighted by molar-refractivity contribution is -0.144. The summed E-state index contributed by atoms with van der Waals surface area (Å²) in [5.74, 6) is -0.419. The van der Waals surface area contributed by atoms with Crippen molar-refractivity contribution in [1.82, 2.24) is 0 Å². The Hall–Kier alpha value is -0.280. The zero-order valence-corrected chi connectivity index (χ0v) is 9.43. The second-order valence-corrected chi connectivity index (χ2v) is 4.03. The van der Waals surface area contributed by atoms with E-state index >= 15 is 0 Å². The van der Waals surface area contributed by atoms with Gasteiger partial charge in [-0.25, -0.2) is 0 Å². The predicted molar refractivity (Wildman–Crippen MR) is 58.6 cm³/mol. The van der Waals surface area contributed by atoms with Crippen molar-refractivity contribution in [3.05, 3.63) is 0 Å². The molecule has 1 aliphatic carbocycles. The quantitative estimate of drug-likeness (QED) is 0.767. The van der Waals surface area contributed by atoms with Gasteiger partial charge in [0.2, 0.25) is 0 Å². The SMILES string of the molecule is CCC(C(=O)O)C1CCC(N)CC1.Cl. The van der Waals surface area contributed by atoms with Crippen LogP contribution in [0.3, 0.4) is 0 Å². The van der Waals surface area contributed by atoms with Crippen LogP contribution in [-0.4, -0.2) is 17.1 Å².